The van der Waals surface area contributed by atoms with Gasteiger partial charge in [-0.05, 0) is 72.3 Å². The van der Waals surface area contributed by atoms with Crippen molar-refractivity contribution in [1.29, 1.82) is 0 Å². The predicted molar refractivity (Wildman–Crippen MR) is 101 cm³/mol. The van der Waals surface area contributed by atoms with Crippen LogP contribution in [0.25, 0.3) is 0 Å². The van der Waals surface area contributed by atoms with Crippen LogP contribution in [0.1, 0.15) is 37.4 Å². The van der Waals surface area contributed by atoms with Crippen molar-refractivity contribution in [3.8, 4) is 0 Å². The van der Waals surface area contributed by atoms with Crippen LogP contribution >= 0.6 is 11.3 Å². The van der Waals surface area contributed by atoms with Crippen molar-refractivity contribution in [2.45, 2.75) is 45.3 Å². The predicted octanol–water partition coefficient (Wildman–Crippen LogP) is 3.49. The van der Waals surface area contributed by atoms with Gasteiger partial charge in [-0.15, -0.1) is 0 Å². The van der Waals surface area contributed by atoms with Crippen LogP contribution in [0, 0.1) is 5.41 Å². The summed E-state index contributed by atoms with van der Waals surface area (Å²) in [7, 11) is 2.12. The van der Waals surface area contributed by atoms with Crippen LogP contribution in [0.3, 0.4) is 0 Å². The van der Waals surface area contributed by atoms with Crippen molar-refractivity contribution in [2.24, 2.45) is 12.5 Å². The Hall–Kier alpha value is -1.59. The van der Waals surface area contributed by atoms with Gasteiger partial charge >= 0.3 is 0 Å². The molecule has 2 aromatic rings. The zero-order chi connectivity index (χ0) is 17.4. The van der Waals surface area contributed by atoms with Gasteiger partial charge in [-0.2, -0.15) is 11.3 Å². The van der Waals surface area contributed by atoms with Crippen LogP contribution in [-0.2, 0) is 24.9 Å². The van der Waals surface area contributed by atoms with Crippen LogP contribution in [0.2, 0.25) is 0 Å². The molecule has 1 atom stereocenters. The van der Waals surface area contributed by atoms with Crippen molar-refractivity contribution < 1.29 is 4.79 Å². The van der Waals surface area contributed by atoms with Gasteiger partial charge in [0.15, 0.2) is 0 Å². The first-order valence-electron chi connectivity index (χ1n) is 9.18. The average molecular weight is 358 g/mol. The highest BCUT2D eigenvalue weighted by Crippen LogP contribution is 2.57. The summed E-state index contributed by atoms with van der Waals surface area (Å²) < 4.78 is 2.21. The summed E-state index contributed by atoms with van der Waals surface area (Å²) in [6, 6.07) is 6.91. The first-order chi connectivity index (χ1) is 12.1. The minimum Gasteiger partial charge on any atom is -0.353 e. The largest absolute Gasteiger partial charge is 0.353 e. The number of nitrogens with zero attached hydrogens (tertiary/aromatic N) is 3. The van der Waals surface area contributed by atoms with E-state index in [4.69, 9.17) is 0 Å². The van der Waals surface area contributed by atoms with E-state index in [9.17, 15) is 4.79 Å². The maximum absolute atomic E-state index is 12.2. The molecular weight excluding hydrogens is 330 g/mol. The third kappa shape index (κ3) is 3.40. The summed E-state index contributed by atoms with van der Waals surface area (Å²) >= 11 is 1.71. The van der Waals surface area contributed by atoms with E-state index < -0.39 is 0 Å². The van der Waals surface area contributed by atoms with E-state index in [0.717, 1.165) is 26.2 Å². The number of carbonyl (C=O) groups excluding carboxylic acids is 1. The van der Waals surface area contributed by atoms with Gasteiger partial charge < -0.3 is 9.47 Å². The minimum absolute atomic E-state index is 0.222. The Morgan fingerprint density at radius 3 is 2.76 bits per heavy atom. The SMILES string of the molecule is CC(=O)N(Cc1ccsc1)[C@H]1CC12CCN(Cc1cccn1C)CC2. The van der Waals surface area contributed by atoms with E-state index in [2.05, 4.69) is 56.6 Å². The lowest BCUT2D eigenvalue weighted by atomic mass is 9.92. The molecule has 0 unspecified atom stereocenters. The Labute approximate surface area is 154 Å². The summed E-state index contributed by atoms with van der Waals surface area (Å²) in [6.07, 6.45) is 5.74. The molecule has 1 aliphatic heterocycles. The van der Waals surface area contributed by atoms with Crippen molar-refractivity contribution in [3.05, 3.63) is 46.4 Å². The molecule has 0 radical (unpaired) electrons. The van der Waals surface area contributed by atoms with Gasteiger partial charge in [0, 0.05) is 45.0 Å². The number of amides is 1. The Morgan fingerprint density at radius 1 is 1.36 bits per heavy atom. The van der Waals surface area contributed by atoms with E-state index in [0.29, 0.717) is 11.5 Å². The van der Waals surface area contributed by atoms with Gasteiger partial charge in [0.25, 0.3) is 0 Å². The fourth-order valence-electron chi connectivity index (χ4n) is 4.37. The Morgan fingerprint density at radius 2 is 2.16 bits per heavy atom. The molecule has 0 N–H and O–H groups in total. The molecule has 1 aliphatic carbocycles. The highest BCUT2D eigenvalue weighted by atomic mass is 32.1. The fourth-order valence-corrected chi connectivity index (χ4v) is 5.03. The molecule has 0 aromatic carbocycles. The highest BCUT2D eigenvalue weighted by molar-refractivity contribution is 7.07. The van der Waals surface area contributed by atoms with Gasteiger partial charge in [0.05, 0.1) is 0 Å². The van der Waals surface area contributed by atoms with E-state index in [1.165, 1.54) is 30.5 Å². The van der Waals surface area contributed by atoms with Gasteiger partial charge in [-0.1, -0.05) is 0 Å². The van der Waals surface area contributed by atoms with Crippen molar-refractivity contribution in [3.63, 3.8) is 0 Å². The molecule has 4 rings (SSSR count). The smallest absolute Gasteiger partial charge is 0.220 e. The molecule has 134 valence electrons. The molecule has 1 saturated heterocycles. The van der Waals surface area contributed by atoms with Crippen molar-refractivity contribution >= 4 is 17.2 Å². The molecule has 3 heterocycles. The second kappa shape index (κ2) is 6.61. The standard InChI is InChI=1S/C20H27N3OS/c1-16(24)23(13-17-5-11-25-15-17)19-12-20(19)6-9-22(10-7-20)14-18-4-3-8-21(18)2/h3-5,8,11,15,19H,6-7,9-10,12-14H2,1-2H3/t19-/m0/s1. The van der Waals surface area contributed by atoms with E-state index in [1.54, 1.807) is 18.3 Å². The number of likely N-dealkylation sites (tertiary alicyclic amines) is 1. The molecule has 1 saturated carbocycles. The quantitative estimate of drug-likeness (QED) is 0.819. The van der Waals surface area contributed by atoms with Gasteiger partial charge in [-0.3, -0.25) is 9.69 Å². The first-order valence-corrected chi connectivity index (χ1v) is 10.1. The Balaban J connectivity index is 1.35. The zero-order valence-corrected chi connectivity index (χ0v) is 16.0. The second-order valence-corrected chi connectivity index (χ2v) is 8.53. The van der Waals surface area contributed by atoms with E-state index >= 15 is 0 Å². The number of piperidine rings is 1. The van der Waals surface area contributed by atoms with Crippen molar-refractivity contribution in [1.82, 2.24) is 14.4 Å². The zero-order valence-electron chi connectivity index (χ0n) is 15.1. The molecule has 0 bridgehead atoms. The summed E-state index contributed by atoms with van der Waals surface area (Å²) in [5, 5.41) is 4.26. The maximum Gasteiger partial charge on any atom is 0.220 e. The Kier molecular flexibility index (Phi) is 4.46. The molecule has 2 aromatic heterocycles. The van der Waals surface area contributed by atoms with Crippen LogP contribution in [0.4, 0.5) is 0 Å². The molecule has 25 heavy (non-hydrogen) atoms. The molecule has 4 nitrogen and oxygen atoms in total. The van der Waals surface area contributed by atoms with Crippen LogP contribution < -0.4 is 0 Å². The lowest BCUT2D eigenvalue weighted by Crippen LogP contribution is -2.40. The number of thiophene rings is 1. The van der Waals surface area contributed by atoms with E-state index in [1.807, 2.05) is 0 Å². The number of rotatable bonds is 5. The van der Waals surface area contributed by atoms with Gasteiger partial charge in [0.1, 0.15) is 0 Å². The minimum atomic E-state index is 0.222. The molecule has 1 amide bonds. The topological polar surface area (TPSA) is 28.5 Å². The van der Waals surface area contributed by atoms with E-state index in [-0.39, 0.29) is 5.91 Å². The van der Waals surface area contributed by atoms with Crippen LogP contribution in [0.15, 0.2) is 35.2 Å². The fraction of sp³-hybridized carbons (Fsp3) is 0.550. The second-order valence-electron chi connectivity index (χ2n) is 7.75. The summed E-state index contributed by atoms with van der Waals surface area (Å²) in [6.45, 7) is 5.83. The third-order valence-corrected chi connectivity index (χ3v) is 6.88. The monoisotopic (exact) mass is 357 g/mol. The molecule has 2 fully saturated rings. The molecular formula is C20H27N3OS. The lowest BCUT2D eigenvalue weighted by molar-refractivity contribution is -0.130. The van der Waals surface area contributed by atoms with Crippen molar-refractivity contribution in [2.75, 3.05) is 13.1 Å². The Bertz CT molecular complexity index is 728. The third-order valence-electron chi connectivity index (χ3n) is 6.15. The number of aryl methyl sites for hydroxylation is 1. The van der Waals surface area contributed by atoms with Gasteiger partial charge in [-0.25, -0.2) is 0 Å². The van der Waals surface area contributed by atoms with Crippen LogP contribution in [0.5, 0.6) is 0 Å². The number of carbonyl (C=O) groups is 1. The van der Waals surface area contributed by atoms with Crippen LogP contribution in [-0.4, -0.2) is 39.4 Å². The number of aromatic nitrogens is 1. The average Bonchev–Trinajstić information content (AvgIpc) is 2.94. The lowest BCUT2D eigenvalue weighted by Gasteiger charge is -2.34. The number of hydrogen-bond donors (Lipinski definition) is 0. The maximum atomic E-state index is 12.2. The molecule has 2 aliphatic rings. The summed E-state index contributed by atoms with van der Waals surface area (Å²) in [5.41, 5.74) is 3.03. The summed E-state index contributed by atoms with van der Waals surface area (Å²) in [5.74, 6) is 0.222. The summed E-state index contributed by atoms with van der Waals surface area (Å²) in [4.78, 5) is 16.9. The number of hydrogen-bond acceptors (Lipinski definition) is 3. The first kappa shape index (κ1) is 16.9. The molecule has 5 heteroatoms. The molecule has 1 spiro atoms. The normalized spacial score (nSPS) is 22.2. The highest BCUT2D eigenvalue weighted by Gasteiger charge is 2.58. The van der Waals surface area contributed by atoms with Gasteiger partial charge in [0.2, 0.25) is 5.91 Å².